The van der Waals surface area contributed by atoms with Gasteiger partial charge in [-0.15, -0.1) is 0 Å². The summed E-state index contributed by atoms with van der Waals surface area (Å²) in [6.07, 6.45) is 4.63. The van der Waals surface area contributed by atoms with Crippen LogP contribution in [-0.2, 0) is 37.8 Å². The number of rotatable bonds is 10. The second kappa shape index (κ2) is 12.1. The smallest absolute Gasteiger partial charge is 0.317 e. The number of hydrogen-bond acceptors (Lipinski definition) is 6. The molecule has 0 saturated carbocycles. The zero-order valence-electron chi connectivity index (χ0n) is 24.1. The number of nitrogens with one attached hydrogen (secondary N) is 1. The molecular weight excluding hydrogens is 545 g/mol. The van der Waals surface area contributed by atoms with Crippen LogP contribution in [0.3, 0.4) is 0 Å². The van der Waals surface area contributed by atoms with Crippen LogP contribution < -0.4 is 4.72 Å². The van der Waals surface area contributed by atoms with Gasteiger partial charge in [0.25, 0.3) is 10.0 Å². The summed E-state index contributed by atoms with van der Waals surface area (Å²) < 4.78 is 49.3. The van der Waals surface area contributed by atoms with Gasteiger partial charge in [-0.3, -0.25) is 14.3 Å². The van der Waals surface area contributed by atoms with Crippen molar-refractivity contribution in [3.63, 3.8) is 0 Å². The molecule has 2 aromatic carbocycles. The summed E-state index contributed by atoms with van der Waals surface area (Å²) >= 11 is 0. The standard InChI is InChI=1S/C31H38FN3O5S/c1-6-8-25-24(16-13-20-11-14-22(32)15-12-20)29(36)27(30(37)40-25)28(31(2,3)4)21-9-7-10-23(17-21)34-41(38,39)26-18-35(5)19-33-26/h7,9-12,14-15,17-19,24-25,27-28,34H,6,8,13,16H2,1-5H3/t24?,25-,27?,28+/m0/s1. The third kappa shape index (κ3) is 7.04. The molecule has 3 aromatic rings. The molecule has 1 aliphatic rings. The van der Waals surface area contributed by atoms with Crippen LogP contribution in [0.4, 0.5) is 10.1 Å². The van der Waals surface area contributed by atoms with Crippen LogP contribution in [0, 0.1) is 23.1 Å². The van der Waals surface area contributed by atoms with Crippen LogP contribution in [0.15, 0.2) is 66.1 Å². The van der Waals surface area contributed by atoms with E-state index in [1.54, 1.807) is 48.0 Å². The highest BCUT2D eigenvalue weighted by molar-refractivity contribution is 7.92. The van der Waals surface area contributed by atoms with E-state index in [1.165, 1.54) is 24.7 Å². The topological polar surface area (TPSA) is 107 Å². The van der Waals surface area contributed by atoms with E-state index in [0.717, 1.165) is 12.0 Å². The van der Waals surface area contributed by atoms with E-state index >= 15 is 0 Å². The molecule has 0 aliphatic carbocycles. The first-order valence-corrected chi connectivity index (χ1v) is 15.4. The Balaban J connectivity index is 1.65. The fraction of sp³-hybridized carbons (Fsp3) is 0.452. The number of hydrogen-bond donors (Lipinski definition) is 1. The maximum absolute atomic E-state index is 14.2. The highest BCUT2D eigenvalue weighted by atomic mass is 32.2. The second-order valence-electron chi connectivity index (χ2n) is 11.9. The molecule has 220 valence electrons. The van der Waals surface area contributed by atoms with Crippen molar-refractivity contribution in [1.29, 1.82) is 0 Å². The Morgan fingerprint density at radius 1 is 1.10 bits per heavy atom. The molecule has 10 heteroatoms. The summed E-state index contributed by atoms with van der Waals surface area (Å²) in [5, 5.41) is -0.116. The number of benzene rings is 2. The third-order valence-corrected chi connectivity index (χ3v) is 8.86. The van der Waals surface area contributed by atoms with Gasteiger partial charge >= 0.3 is 5.97 Å². The minimum absolute atomic E-state index is 0.116. The average molecular weight is 584 g/mol. The Morgan fingerprint density at radius 2 is 1.80 bits per heavy atom. The number of halogens is 1. The van der Waals surface area contributed by atoms with Crippen LogP contribution in [0.2, 0.25) is 0 Å². The summed E-state index contributed by atoms with van der Waals surface area (Å²) in [5.74, 6) is -3.16. The van der Waals surface area contributed by atoms with Crippen molar-refractivity contribution in [2.45, 2.75) is 70.4 Å². The minimum Gasteiger partial charge on any atom is -0.461 e. The Morgan fingerprint density at radius 3 is 2.41 bits per heavy atom. The molecule has 8 nitrogen and oxygen atoms in total. The fourth-order valence-electron chi connectivity index (χ4n) is 5.70. The van der Waals surface area contributed by atoms with Gasteiger partial charge in [-0.25, -0.2) is 9.37 Å². The van der Waals surface area contributed by atoms with Crippen molar-refractivity contribution in [2.75, 3.05) is 4.72 Å². The number of carbonyl (C=O) groups excluding carboxylic acids is 2. The van der Waals surface area contributed by atoms with E-state index in [-0.39, 0.29) is 16.6 Å². The molecule has 0 radical (unpaired) electrons. The number of esters is 1. The highest BCUT2D eigenvalue weighted by Crippen LogP contribution is 2.46. The fourth-order valence-corrected chi connectivity index (χ4v) is 6.74. The number of carbonyl (C=O) groups is 2. The average Bonchev–Trinajstić information content (AvgIpc) is 3.34. The van der Waals surface area contributed by atoms with Crippen LogP contribution in [0.5, 0.6) is 0 Å². The SMILES string of the molecule is CCC[C@@H]1OC(=O)C([C@@H](c2cccc(NS(=O)(=O)c3cn(C)cn3)c2)C(C)(C)C)C(=O)C1CCc1ccc(F)cc1. The molecule has 1 saturated heterocycles. The van der Waals surface area contributed by atoms with Gasteiger partial charge in [-0.1, -0.05) is 58.4 Å². The molecule has 1 N–H and O–H groups in total. The maximum atomic E-state index is 14.2. The van der Waals surface area contributed by atoms with E-state index in [0.29, 0.717) is 30.5 Å². The molecule has 0 bridgehead atoms. The number of nitrogens with zero attached hydrogens (tertiary/aromatic N) is 2. The summed E-state index contributed by atoms with van der Waals surface area (Å²) in [5.41, 5.74) is 1.32. The van der Waals surface area contributed by atoms with Gasteiger partial charge in [0.1, 0.15) is 17.8 Å². The first-order chi connectivity index (χ1) is 19.3. The third-order valence-electron chi connectivity index (χ3n) is 7.59. The molecule has 1 aliphatic heterocycles. The molecule has 0 amide bonds. The van der Waals surface area contributed by atoms with Crippen molar-refractivity contribution in [2.24, 2.45) is 24.3 Å². The molecule has 0 spiro atoms. The van der Waals surface area contributed by atoms with Gasteiger partial charge in [-0.05, 0) is 60.1 Å². The highest BCUT2D eigenvalue weighted by Gasteiger charge is 2.51. The number of ketones is 1. The molecule has 41 heavy (non-hydrogen) atoms. The van der Waals surface area contributed by atoms with Crippen molar-refractivity contribution in [1.82, 2.24) is 9.55 Å². The Kier molecular flexibility index (Phi) is 9.01. The predicted molar refractivity (Wildman–Crippen MR) is 154 cm³/mol. The van der Waals surface area contributed by atoms with Crippen LogP contribution in [0.25, 0.3) is 0 Å². The number of anilines is 1. The van der Waals surface area contributed by atoms with Gasteiger partial charge in [0.15, 0.2) is 10.8 Å². The summed E-state index contributed by atoms with van der Waals surface area (Å²) in [4.78, 5) is 31.6. The number of sulfonamides is 1. The number of aromatic nitrogens is 2. The predicted octanol–water partition coefficient (Wildman–Crippen LogP) is 5.65. The first kappa shape index (κ1) is 30.4. The van der Waals surface area contributed by atoms with Gasteiger partial charge in [0, 0.05) is 24.8 Å². The number of cyclic esters (lactones) is 1. The lowest BCUT2D eigenvalue weighted by molar-refractivity contribution is -0.174. The molecule has 1 aromatic heterocycles. The molecular formula is C31H38FN3O5S. The summed E-state index contributed by atoms with van der Waals surface area (Å²) in [7, 11) is -2.26. The summed E-state index contributed by atoms with van der Waals surface area (Å²) in [6, 6.07) is 13.0. The maximum Gasteiger partial charge on any atom is 0.317 e. The van der Waals surface area contributed by atoms with E-state index < -0.39 is 45.3 Å². The Hall–Kier alpha value is -3.53. The lowest BCUT2D eigenvalue weighted by atomic mass is 9.65. The van der Waals surface area contributed by atoms with Gasteiger partial charge in [0.2, 0.25) is 0 Å². The number of imidazole rings is 1. The molecule has 4 rings (SSSR count). The number of aryl methyl sites for hydroxylation is 2. The van der Waals surface area contributed by atoms with Crippen molar-refractivity contribution >= 4 is 27.5 Å². The van der Waals surface area contributed by atoms with Crippen LogP contribution in [-0.4, -0.2) is 35.8 Å². The quantitative estimate of drug-likeness (QED) is 0.244. The van der Waals surface area contributed by atoms with Crippen molar-refractivity contribution in [3.8, 4) is 0 Å². The lowest BCUT2D eigenvalue weighted by Crippen LogP contribution is -2.50. The summed E-state index contributed by atoms with van der Waals surface area (Å²) in [6.45, 7) is 7.84. The molecule has 1 fully saturated rings. The largest absolute Gasteiger partial charge is 0.461 e. The van der Waals surface area contributed by atoms with Crippen LogP contribution in [0.1, 0.15) is 64.0 Å². The normalized spacial score (nSPS) is 20.5. The molecule has 2 unspecified atom stereocenters. The van der Waals surface area contributed by atoms with Gasteiger partial charge in [-0.2, -0.15) is 8.42 Å². The minimum atomic E-state index is -3.94. The Labute approximate surface area is 241 Å². The van der Waals surface area contributed by atoms with Crippen LogP contribution >= 0.6 is 0 Å². The number of ether oxygens (including phenoxy) is 1. The van der Waals surface area contributed by atoms with Crippen molar-refractivity contribution in [3.05, 3.63) is 78.0 Å². The zero-order valence-corrected chi connectivity index (χ0v) is 24.9. The Bertz CT molecular complexity index is 1490. The van der Waals surface area contributed by atoms with E-state index in [2.05, 4.69) is 9.71 Å². The van der Waals surface area contributed by atoms with E-state index in [4.69, 9.17) is 4.74 Å². The van der Waals surface area contributed by atoms with E-state index in [9.17, 15) is 22.4 Å². The molecule has 2 heterocycles. The van der Waals surface area contributed by atoms with Gasteiger partial charge < -0.3 is 9.30 Å². The first-order valence-electron chi connectivity index (χ1n) is 13.9. The number of Topliss-reactive ketones (excluding diaryl/α,β-unsaturated/α-hetero) is 1. The molecule has 4 atom stereocenters. The lowest BCUT2D eigenvalue weighted by Gasteiger charge is -2.42. The zero-order chi connectivity index (χ0) is 29.9. The van der Waals surface area contributed by atoms with Gasteiger partial charge in [0.05, 0.1) is 12.2 Å². The van der Waals surface area contributed by atoms with E-state index in [1.807, 2.05) is 27.7 Å². The second-order valence-corrected chi connectivity index (χ2v) is 13.5. The van der Waals surface area contributed by atoms with Crippen molar-refractivity contribution < 1.29 is 27.1 Å². The monoisotopic (exact) mass is 583 g/mol.